The first-order chi connectivity index (χ1) is 7.78. The maximum absolute atomic E-state index is 12.6. The molecule has 0 fully saturated rings. The first-order valence-corrected chi connectivity index (χ1v) is 5.32. The minimum atomic E-state index is -4.34. The Bertz CT molecular complexity index is 444. The van der Waals surface area contributed by atoms with Gasteiger partial charge in [0.05, 0.1) is 12.2 Å². The molecule has 94 valence electrons. The van der Waals surface area contributed by atoms with Crippen LogP contribution in [-0.4, -0.2) is 25.3 Å². The summed E-state index contributed by atoms with van der Waals surface area (Å²) < 4.78 is 37.9. The number of aliphatic hydroxyl groups excluding tert-OH is 1. The predicted octanol–water partition coefficient (Wildman–Crippen LogP) is 2.41. The van der Waals surface area contributed by atoms with Crippen LogP contribution in [0.1, 0.15) is 18.1 Å². The molecule has 1 N–H and O–H groups in total. The molecule has 1 aliphatic heterocycles. The molecule has 0 saturated carbocycles. The van der Waals surface area contributed by atoms with Crippen LogP contribution in [0.15, 0.2) is 18.2 Å². The molecule has 17 heavy (non-hydrogen) atoms. The van der Waals surface area contributed by atoms with E-state index in [1.807, 2.05) is 11.9 Å². The lowest BCUT2D eigenvalue weighted by Crippen LogP contribution is -2.32. The molecule has 0 spiro atoms. The number of hydrogen-bond donors (Lipinski definition) is 1. The fourth-order valence-electron chi connectivity index (χ4n) is 2.36. The quantitative estimate of drug-likeness (QED) is 0.821. The summed E-state index contributed by atoms with van der Waals surface area (Å²) in [6, 6.07) is 3.70. The molecule has 1 heterocycles. The summed E-state index contributed by atoms with van der Waals surface area (Å²) in [5.74, 6) is 0. The smallest absolute Gasteiger partial charge is 0.395 e. The van der Waals surface area contributed by atoms with Crippen LogP contribution in [0.2, 0.25) is 0 Å². The number of nitrogens with zero attached hydrogens (tertiary/aromatic N) is 1. The number of likely N-dealkylation sites (N-methyl/N-ethyl adjacent to an activating group) is 1. The monoisotopic (exact) mass is 245 g/mol. The Balaban J connectivity index is 2.55. The highest BCUT2D eigenvalue weighted by atomic mass is 19.4. The van der Waals surface area contributed by atoms with E-state index in [2.05, 4.69) is 0 Å². The number of rotatable bonds is 1. The molecule has 0 bridgehead atoms. The summed E-state index contributed by atoms with van der Waals surface area (Å²) in [7, 11) is 1.81. The van der Waals surface area contributed by atoms with Gasteiger partial charge in [-0.05, 0) is 23.8 Å². The molecule has 2 rings (SSSR count). The summed E-state index contributed by atoms with van der Waals surface area (Å²) in [6.45, 7) is 2.14. The normalized spacial score (nSPS) is 24.0. The number of benzene rings is 1. The van der Waals surface area contributed by atoms with E-state index in [0.29, 0.717) is 12.1 Å². The zero-order chi connectivity index (χ0) is 12.8. The van der Waals surface area contributed by atoms with Gasteiger partial charge in [0.1, 0.15) is 0 Å². The molecule has 2 nitrogen and oxygen atoms in total. The summed E-state index contributed by atoms with van der Waals surface area (Å²) in [5.41, 5.74) is 0.0452. The van der Waals surface area contributed by atoms with Crippen molar-refractivity contribution in [2.24, 2.45) is 0 Å². The van der Waals surface area contributed by atoms with E-state index in [1.165, 1.54) is 6.07 Å². The fraction of sp³-hybridized carbons (Fsp3) is 0.500. The van der Waals surface area contributed by atoms with Crippen molar-refractivity contribution in [2.45, 2.75) is 18.5 Å². The average molecular weight is 245 g/mol. The first-order valence-electron chi connectivity index (χ1n) is 5.32. The minimum absolute atomic E-state index is 0.161. The van der Waals surface area contributed by atoms with Gasteiger partial charge in [-0.3, -0.25) is 0 Å². The molecule has 0 amide bonds. The molecule has 0 radical (unpaired) electrons. The Kier molecular flexibility index (Phi) is 2.61. The molecule has 5 heteroatoms. The van der Waals surface area contributed by atoms with E-state index >= 15 is 0 Å². The second kappa shape index (κ2) is 3.63. The molecule has 0 aromatic heterocycles. The highest BCUT2D eigenvalue weighted by Crippen LogP contribution is 2.42. The Morgan fingerprint density at radius 3 is 2.59 bits per heavy atom. The number of halogens is 3. The van der Waals surface area contributed by atoms with Crippen LogP contribution in [0.5, 0.6) is 0 Å². The van der Waals surface area contributed by atoms with E-state index in [-0.39, 0.29) is 6.61 Å². The van der Waals surface area contributed by atoms with E-state index < -0.39 is 17.2 Å². The first kappa shape index (κ1) is 12.2. The lowest BCUT2D eigenvalue weighted by Gasteiger charge is -2.22. The average Bonchev–Trinajstić information content (AvgIpc) is 2.51. The second-order valence-electron chi connectivity index (χ2n) is 4.80. The van der Waals surface area contributed by atoms with Crippen LogP contribution < -0.4 is 4.90 Å². The molecule has 1 atom stereocenters. The van der Waals surface area contributed by atoms with Crippen molar-refractivity contribution >= 4 is 5.69 Å². The Labute approximate surface area is 97.7 Å². The highest BCUT2D eigenvalue weighted by Gasteiger charge is 2.40. The van der Waals surface area contributed by atoms with Crippen LogP contribution in [0.3, 0.4) is 0 Å². The molecular weight excluding hydrogens is 231 g/mol. The van der Waals surface area contributed by atoms with Crippen LogP contribution in [0.4, 0.5) is 18.9 Å². The molecule has 0 saturated heterocycles. The molecule has 1 aromatic carbocycles. The van der Waals surface area contributed by atoms with Crippen LogP contribution in [0, 0.1) is 0 Å². The lowest BCUT2D eigenvalue weighted by molar-refractivity contribution is -0.137. The topological polar surface area (TPSA) is 23.5 Å². The molecule has 1 unspecified atom stereocenters. The summed E-state index contributed by atoms with van der Waals surface area (Å²) >= 11 is 0. The lowest BCUT2D eigenvalue weighted by atomic mass is 9.84. The van der Waals surface area contributed by atoms with Crippen molar-refractivity contribution in [1.82, 2.24) is 0 Å². The van der Waals surface area contributed by atoms with Crippen molar-refractivity contribution < 1.29 is 18.3 Å². The largest absolute Gasteiger partial charge is 0.416 e. The third kappa shape index (κ3) is 1.88. The zero-order valence-electron chi connectivity index (χ0n) is 9.67. The molecule has 1 aromatic rings. The maximum Gasteiger partial charge on any atom is 0.416 e. The van der Waals surface area contributed by atoms with Crippen LogP contribution >= 0.6 is 0 Å². The van der Waals surface area contributed by atoms with E-state index in [1.54, 1.807) is 6.92 Å². The van der Waals surface area contributed by atoms with Crippen molar-refractivity contribution in [3.05, 3.63) is 29.3 Å². The van der Waals surface area contributed by atoms with E-state index in [9.17, 15) is 18.3 Å². The van der Waals surface area contributed by atoms with Gasteiger partial charge in [-0.1, -0.05) is 6.92 Å². The number of hydrogen-bond acceptors (Lipinski definition) is 2. The van der Waals surface area contributed by atoms with Gasteiger partial charge in [-0.2, -0.15) is 13.2 Å². The number of anilines is 1. The number of aliphatic hydroxyl groups is 1. The Hall–Kier alpha value is -1.23. The molecule has 0 aliphatic carbocycles. The molecular formula is C12H14F3NO. The SMILES string of the molecule is CN1CC(C)(CO)c2cc(C(F)(F)F)ccc21. The number of fused-ring (bicyclic) bond motifs is 1. The van der Waals surface area contributed by atoms with E-state index in [0.717, 1.165) is 17.8 Å². The van der Waals surface area contributed by atoms with Gasteiger partial charge in [0.2, 0.25) is 0 Å². The maximum atomic E-state index is 12.6. The second-order valence-corrected chi connectivity index (χ2v) is 4.80. The van der Waals surface area contributed by atoms with Crippen LogP contribution in [0.25, 0.3) is 0 Å². The third-order valence-corrected chi connectivity index (χ3v) is 3.32. The minimum Gasteiger partial charge on any atom is -0.395 e. The zero-order valence-corrected chi connectivity index (χ0v) is 9.67. The summed E-state index contributed by atoms with van der Waals surface area (Å²) in [4.78, 5) is 1.87. The van der Waals surface area contributed by atoms with E-state index in [4.69, 9.17) is 0 Å². The van der Waals surface area contributed by atoms with Gasteiger partial charge < -0.3 is 10.0 Å². The summed E-state index contributed by atoms with van der Waals surface area (Å²) in [6.07, 6.45) is -4.34. The highest BCUT2D eigenvalue weighted by molar-refractivity contribution is 5.63. The van der Waals surface area contributed by atoms with Crippen molar-refractivity contribution in [3.63, 3.8) is 0 Å². The number of alkyl halides is 3. The standard InChI is InChI=1S/C12H14F3NO/c1-11(7-17)6-16(2)10-4-3-8(5-9(10)11)12(13,14)15/h3-5,17H,6-7H2,1-2H3. The van der Waals surface area contributed by atoms with Gasteiger partial charge in [-0.15, -0.1) is 0 Å². The Morgan fingerprint density at radius 1 is 1.41 bits per heavy atom. The third-order valence-electron chi connectivity index (χ3n) is 3.32. The Morgan fingerprint density at radius 2 is 2.06 bits per heavy atom. The predicted molar refractivity (Wildman–Crippen MR) is 59.2 cm³/mol. The fourth-order valence-corrected chi connectivity index (χ4v) is 2.36. The van der Waals surface area contributed by atoms with Gasteiger partial charge in [0.25, 0.3) is 0 Å². The van der Waals surface area contributed by atoms with Crippen molar-refractivity contribution in [3.8, 4) is 0 Å². The molecule has 1 aliphatic rings. The van der Waals surface area contributed by atoms with Crippen molar-refractivity contribution in [2.75, 3.05) is 25.1 Å². The van der Waals surface area contributed by atoms with Gasteiger partial charge in [-0.25, -0.2) is 0 Å². The summed E-state index contributed by atoms with van der Waals surface area (Å²) in [5, 5.41) is 9.38. The van der Waals surface area contributed by atoms with Gasteiger partial charge in [0, 0.05) is 24.7 Å². The van der Waals surface area contributed by atoms with Crippen LogP contribution in [-0.2, 0) is 11.6 Å². The van der Waals surface area contributed by atoms with Gasteiger partial charge in [0.15, 0.2) is 0 Å². The van der Waals surface area contributed by atoms with Gasteiger partial charge >= 0.3 is 6.18 Å². The van der Waals surface area contributed by atoms with Crippen molar-refractivity contribution in [1.29, 1.82) is 0 Å².